The summed E-state index contributed by atoms with van der Waals surface area (Å²) < 4.78 is 0. The van der Waals surface area contributed by atoms with Crippen molar-refractivity contribution in [3.05, 3.63) is 0 Å². The average molecular weight is 189 g/mol. The Morgan fingerprint density at radius 2 is 1.67 bits per heavy atom. The first kappa shape index (κ1) is 8.79. The summed E-state index contributed by atoms with van der Waals surface area (Å²) in [4.78, 5) is 0. The molecule has 3 heteroatoms. The Labute approximate surface area is 79.1 Å². The molecule has 2 fully saturated rings. The fraction of sp³-hybridized carbons (Fsp3) is 1.00. The van der Waals surface area contributed by atoms with Crippen LogP contribution in [0.3, 0.4) is 0 Å². The van der Waals surface area contributed by atoms with Crippen LogP contribution in [0.25, 0.3) is 0 Å². The Kier molecular flexibility index (Phi) is 2.32. The largest absolute Gasteiger partial charge is 0.298 e. The second-order valence-electron chi connectivity index (χ2n) is 4.23. The summed E-state index contributed by atoms with van der Waals surface area (Å²) in [5.41, 5.74) is 0. The number of hydrogen-bond donors (Lipinski definition) is 2. The van der Waals surface area contributed by atoms with Crippen molar-refractivity contribution in [3.8, 4) is 0 Å². The van der Waals surface area contributed by atoms with Crippen LogP contribution in [0, 0.1) is 5.92 Å². The molecule has 2 nitrogen and oxygen atoms in total. The molecule has 0 spiro atoms. The number of nitrogens with one attached hydrogen (secondary N) is 2. The quantitative estimate of drug-likeness (QED) is 0.560. The van der Waals surface area contributed by atoms with E-state index >= 15 is 0 Å². The molecular weight excluding hydrogens is 172 g/mol. The van der Waals surface area contributed by atoms with Crippen LogP contribution in [0.2, 0.25) is 0 Å². The monoisotopic (exact) mass is 188 g/mol. The highest BCUT2D eigenvalue weighted by Gasteiger charge is 2.38. The third kappa shape index (κ3) is 1.48. The standard InChI is InChI=1S/C9H17ClN2/c1-5-3-8-9(4-7(5)10)12-6(2)11-8/h5-9,11-12H,3-4H2,1-2H3. The SMILES string of the molecule is CC1NC2CC(C)C(Cl)CC2N1. The molecule has 1 aliphatic heterocycles. The number of hydrogen-bond acceptors (Lipinski definition) is 2. The predicted octanol–water partition coefficient (Wildman–Crippen LogP) is 1.30. The number of fused-ring (bicyclic) bond motifs is 1. The minimum absolute atomic E-state index is 0.367. The molecule has 1 saturated heterocycles. The summed E-state index contributed by atoms with van der Waals surface area (Å²) in [5.74, 6) is 0.660. The van der Waals surface area contributed by atoms with Gasteiger partial charge in [0.15, 0.2) is 0 Å². The molecule has 0 aromatic heterocycles. The molecule has 5 unspecified atom stereocenters. The van der Waals surface area contributed by atoms with E-state index < -0.39 is 0 Å². The van der Waals surface area contributed by atoms with Crippen molar-refractivity contribution in [1.29, 1.82) is 0 Å². The van der Waals surface area contributed by atoms with Gasteiger partial charge in [0.05, 0.1) is 6.17 Å². The van der Waals surface area contributed by atoms with Gasteiger partial charge in [-0.05, 0) is 25.7 Å². The van der Waals surface area contributed by atoms with E-state index in [2.05, 4.69) is 24.5 Å². The molecule has 70 valence electrons. The highest BCUT2D eigenvalue weighted by molar-refractivity contribution is 6.20. The zero-order chi connectivity index (χ0) is 8.72. The molecule has 0 aromatic rings. The van der Waals surface area contributed by atoms with Gasteiger partial charge in [0, 0.05) is 17.5 Å². The predicted molar refractivity (Wildman–Crippen MR) is 51.3 cm³/mol. The second kappa shape index (κ2) is 3.17. The molecule has 1 saturated carbocycles. The minimum Gasteiger partial charge on any atom is -0.298 e. The normalized spacial score (nSPS) is 53.8. The van der Waals surface area contributed by atoms with Crippen LogP contribution >= 0.6 is 11.6 Å². The van der Waals surface area contributed by atoms with Crippen LogP contribution < -0.4 is 10.6 Å². The Balaban J connectivity index is 2.01. The first-order chi connectivity index (χ1) is 5.66. The van der Waals surface area contributed by atoms with Gasteiger partial charge in [0.1, 0.15) is 0 Å². The molecule has 0 aromatic carbocycles. The molecule has 1 heterocycles. The van der Waals surface area contributed by atoms with E-state index in [1.54, 1.807) is 0 Å². The van der Waals surface area contributed by atoms with Crippen molar-refractivity contribution in [2.24, 2.45) is 5.92 Å². The smallest absolute Gasteiger partial charge is 0.0547 e. The van der Waals surface area contributed by atoms with Crippen LogP contribution in [0.5, 0.6) is 0 Å². The maximum absolute atomic E-state index is 6.21. The van der Waals surface area contributed by atoms with Crippen molar-refractivity contribution in [3.63, 3.8) is 0 Å². The Bertz CT molecular complexity index is 156. The summed E-state index contributed by atoms with van der Waals surface area (Å²) in [7, 11) is 0. The molecule has 0 bridgehead atoms. The molecule has 5 atom stereocenters. The highest BCUT2D eigenvalue weighted by Crippen LogP contribution is 2.31. The van der Waals surface area contributed by atoms with Crippen molar-refractivity contribution >= 4 is 11.6 Å². The first-order valence-corrected chi connectivity index (χ1v) is 5.26. The van der Waals surface area contributed by atoms with E-state index in [0.29, 0.717) is 29.5 Å². The zero-order valence-corrected chi connectivity index (χ0v) is 8.43. The van der Waals surface area contributed by atoms with E-state index in [9.17, 15) is 0 Å². The van der Waals surface area contributed by atoms with Crippen molar-refractivity contribution in [1.82, 2.24) is 10.6 Å². The third-order valence-corrected chi connectivity index (χ3v) is 3.74. The van der Waals surface area contributed by atoms with Gasteiger partial charge in [-0.2, -0.15) is 0 Å². The number of halogens is 1. The molecule has 12 heavy (non-hydrogen) atoms. The third-order valence-electron chi connectivity index (χ3n) is 3.14. The minimum atomic E-state index is 0.367. The lowest BCUT2D eigenvalue weighted by atomic mass is 9.84. The Hall–Kier alpha value is 0.210. The summed E-state index contributed by atoms with van der Waals surface area (Å²) in [5, 5.41) is 7.41. The molecule has 0 amide bonds. The highest BCUT2D eigenvalue weighted by atomic mass is 35.5. The first-order valence-electron chi connectivity index (χ1n) is 4.83. The molecule has 2 N–H and O–H groups in total. The van der Waals surface area contributed by atoms with Gasteiger partial charge in [-0.15, -0.1) is 11.6 Å². The fourth-order valence-electron chi connectivity index (χ4n) is 2.41. The zero-order valence-electron chi connectivity index (χ0n) is 7.68. The van der Waals surface area contributed by atoms with E-state index in [1.165, 1.54) is 6.42 Å². The molecule has 1 aliphatic carbocycles. The number of rotatable bonds is 0. The average Bonchev–Trinajstić information content (AvgIpc) is 2.30. The van der Waals surface area contributed by atoms with Crippen molar-refractivity contribution in [2.75, 3.05) is 0 Å². The molecular formula is C9H17ClN2. The lowest BCUT2D eigenvalue weighted by Crippen LogP contribution is -2.43. The Morgan fingerprint density at radius 1 is 1.08 bits per heavy atom. The molecule has 2 rings (SSSR count). The summed E-state index contributed by atoms with van der Waals surface area (Å²) in [6.45, 7) is 4.42. The van der Waals surface area contributed by atoms with Crippen LogP contribution in [0.4, 0.5) is 0 Å². The second-order valence-corrected chi connectivity index (χ2v) is 4.79. The summed E-state index contributed by atoms with van der Waals surface area (Å²) >= 11 is 6.21. The maximum Gasteiger partial charge on any atom is 0.0547 e. The van der Waals surface area contributed by atoms with Crippen molar-refractivity contribution in [2.45, 2.75) is 50.3 Å². The van der Waals surface area contributed by atoms with Gasteiger partial charge in [-0.3, -0.25) is 10.6 Å². The lowest BCUT2D eigenvalue weighted by molar-refractivity contribution is 0.305. The van der Waals surface area contributed by atoms with Gasteiger partial charge in [0.2, 0.25) is 0 Å². The van der Waals surface area contributed by atoms with Gasteiger partial charge >= 0.3 is 0 Å². The van der Waals surface area contributed by atoms with E-state index in [0.717, 1.165) is 6.42 Å². The topological polar surface area (TPSA) is 24.1 Å². The summed E-state index contributed by atoms with van der Waals surface area (Å²) in [6, 6.07) is 1.27. The molecule has 2 aliphatic rings. The van der Waals surface area contributed by atoms with Crippen LogP contribution in [-0.4, -0.2) is 23.6 Å². The van der Waals surface area contributed by atoms with Crippen LogP contribution in [0.1, 0.15) is 26.7 Å². The van der Waals surface area contributed by atoms with Crippen LogP contribution in [0.15, 0.2) is 0 Å². The van der Waals surface area contributed by atoms with Gasteiger partial charge in [-0.1, -0.05) is 6.92 Å². The maximum atomic E-state index is 6.21. The summed E-state index contributed by atoms with van der Waals surface area (Å²) in [6.07, 6.45) is 2.80. The fourth-order valence-corrected chi connectivity index (χ4v) is 2.71. The molecule has 0 radical (unpaired) electrons. The lowest BCUT2D eigenvalue weighted by Gasteiger charge is -2.32. The van der Waals surface area contributed by atoms with Gasteiger partial charge in [0.25, 0.3) is 0 Å². The van der Waals surface area contributed by atoms with Gasteiger partial charge < -0.3 is 0 Å². The van der Waals surface area contributed by atoms with Crippen LogP contribution in [-0.2, 0) is 0 Å². The Morgan fingerprint density at radius 3 is 2.33 bits per heavy atom. The number of alkyl halides is 1. The van der Waals surface area contributed by atoms with E-state index in [4.69, 9.17) is 11.6 Å². The van der Waals surface area contributed by atoms with E-state index in [1.807, 2.05) is 0 Å². The van der Waals surface area contributed by atoms with Gasteiger partial charge in [-0.25, -0.2) is 0 Å². The van der Waals surface area contributed by atoms with E-state index in [-0.39, 0.29) is 0 Å². The van der Waals surface area contributed by atoms with Crippen molar-refractivity contribution < 1.29 is 0 Å².